The minimum atomic E-state index is 0.305. The second-order valence-electron chi connectivity index (χ2n) is 6.74. The summed E-state index contributed by atoms with van der Waals surface area (Å²) in [6.07, 6.45) is 3.93. The van der Waals surface area contributed by atoms with Crippen molar-refractivity contribution in [1.29, 1.82) is 0 Å². The molecule has 0 radical (unpaired) electrons. The van der Waals surface area contributed by atoms with Crippen molar-refractivity contribution in [3.63, 3.8) is 0 Å². The van der Waals surface area contributed by atoms with Crippen molar-refractivity contribution < 1.29 is 4.79 Å². The van der Waals surface area contributed by atoms with Crippen LogP contribution in [0.3, 0.4) is 0 Å². The third-order valence-corrected chi connectivity index (χ3v) is 4.45. The molecule has 18 heavy (non-hydrogen) atoms. The van der Waals surface area contributed by atoms with E-state index in [2.05, 4.69) is 27.7 Å². The monoisotopic (exact) mass is 254 g/mol. The van der Waals surface area contributed by atoms with E-state index in [1.165, 1.54) is 0 Å². The van der Waals surface area contributed by atoms with E-state index >= 15 is 0 Å². The van der Waals surface area contributed by atoms with Gasteiger partial charge >= 0.3 is 0 Å². The van der Waals surface area contributed by atoms with Crippen LogP contribution < -0.4 is 5.73 Å². The first-order chi connectivity index (χ1) is 8.38. The molecule has 1 heterocycles. The van der Waals surface area contributed by atoms with Gasteiger partial charge in [0.1, 0.15) is 0 Å². The fraction of sp³-hybridized carbons (Fsp3) is 0.933. The smallest absolute Gasteiger partial charge is 0.222 e. The maximum absolute atomic E-state index is 12.2. The Morgan fingerprint density at radius 3 is 2.28 bits per heavy atom. The van der Waals surface area contributed by atoms with Gasteiger partial charge in [0.2, 0.25) is 5.91 Å². The van der Waals surface area contributed by atoms with Crippen molar-refractivity contribution in [2.75, 3.05) is 19.6 Å². The van der Waals surface area contributed by atoms with E-state index in [-0.39, 0.29) is 0 Å². The van der Waals surface area contributed by atoms with Crippen LogP contribution in [-0.4, -0.2) is 30.4 Å². The number of hydrogen-bond acceptors (Lipinski definition) is 2. The zero-order valence-electron chi connectivity index (χ0n) is 12.5. The van der Waals surface area contributed by atoms with Crippen LogP contribution in [0.1, 0.15) is 53.4 Å². The van der Waals surface area contributed by atoms with E-state index in [9.17, 15) is 4.79 Å². The molecule has 0 bridgehead atoms. The molecule has 0 aromatic carbocycles. The topological polar surface area (TPSA) is 46.3 Å². The second-order valence-corrected chi connectivity index (χ2v) is 6.74. The zero-order chi connectivity index (χ0) is 13.8. The van der Waals surface area contributed by atoms with Crippen molar-refractivity contribution >= 4 is 5.91 Å². The van der Waals surface area contributed by atoms with Crippen LogP contribution in [0, 0.1) is 17.3 Å². The van der Waals surface area contributed by atoms with Crippen LogP contribution in [0.2, 0.25) is 0 Å². The first-order valence-corrected chi connectivity index (χ1v) is 7.36. The van der Waals surface area contributed by atoms with Gasteiger partial charge in [-0.2, -0.15) is 0 Å². The van der Waals surface area contributed by atoms with Gasteiger partial charge in [-0.05, 0) is 36.6 Å². The summed E-state index contributed by atoms with van der Waals surface area (Å²) in [5.74, 6) is 1.41. The number of hydrogen-bond donors (Lipinski definition) is 1. The lowest BCUT2D eigenvalue weighted by atomic mass is 9.75. The average molecular weight is 254 g/mol. The Bertz CT molecular complexity index is 258. The number of rotatable bonds is 4. The molecule has 0 aromatic rings. The fourth-order valence-electron chi connectivity index (χ4n) is 2.77. The largest absolute Gasteiger partial charge is 0.343 e. The summed E-state index contributed by atoms with van der Waals surface area (Å²) >= 11 is 0. The van der Waals surface area contributed by atoms with Gasteiger partial charge in [-0.15, -0.1) is 0 Å². The number of carbonyl (C=O) groups is 1. The van der Waals surface area contributed by atoms with Gasteiger partial charge in [-0.1, -0.05) is 34.1 Å². The Labute approximate surface area is 112 Å². The first kappa shape index (κ1) is 15.5. The fourth-order valence-corrected chi connectivity index (χ4v) is 2.77. The summed E-state index contributed by atoms with van der Waals surface area (Å²) in [5.41, 5.74) is 6.04. The first-order valence-electron chi connectivity index (χ1n) is 7.36. The molecular formula is C15H30N2O. The van der Waals surface area contributed by atoms with Crippen LogP contribution in [0.5, 0.6) is 0 Å². The predicted molar refractivity (Wildman–Crippen MR) is 76.2 cm³/mol. The maximum Gasteiger partial charge on any atom is 0.222 e. The zero-order valence-corrected chi connectivity index (χ0v) is 12.5. The highest BCUT2D eigenvalue weighted by Gasteiger charge is 2.30. The lowest BCUT2D eigenvalue weighted by molar-refractivity contribution is -0.134. The molecule has 0 aliphatic carbocycles. The Kier molecular flexibility index (Phi) is 5.64. The molecule has 1 rings (SSSR count). The third-order valence-electron chi connectivity index (χ3n) is 4.45. The second kappa shape index (κ2) is 6.55. The minimum absolute atomic E-state index is 0.305. The van der Waals surface area contributed by atoms with Crippen molar-refractivity contribution in [2.24, 2.45) is 23.0 Å². The number of carbonyl (C=O) groups excluding carboxylic acids is 1. The van der Waals surface area contributed by atoms with Crippen molar-refractivity contribution in [1.82, 2.24) is 4.90 Å². The van der Waals surface area contributed by atoms with E-state index in [4.69, 9.17) is 5.73 Å². The molecule has 106 valence electrons. The normalized spacial score (nSPS) is 19.9. The molecule has 1 aliphatic rings. The molecular weight excluding hydrogens is 224 g/mol. The highest BCUT2D eigenvalue weighted by atomic mass is 16.2. The molecule has 1 fully saturated rings. The Morgan fingerprint density at radius 1 is 1.33 bits per heavy atom. The summed E-state index contributed by atoms with van der Waals surface area (Å²) in [7, 11) is 0. The van der Waals surface area contributed by atoms with Crippen LogP contribution in [-0.2, 0) is 4.79 Å². The molecule has 1 aliphatic heterocycles. The lowest BCUT2D eigenvalue weighted by Crippen LogP contribution is -2.42. The highest BCUT2D eigenvalue weighted by molar-refractivity contribution is 5.76. The average Bonchev–Trinajstić information content (AvgIpc) is 2.34. The SMILES string of the molecule is CCC(CN)CC(=O)N1CCC(C(C)(C)C)CC1. The molecule has 0 aromatic heterocycles. The Balaban J connectivity index is 2.41. The van der Waals surface area contributed by atoms with E-state index in [1.54, 1.807) is 0 Å². The molecule has 1 unspecified atom stereocenters. The number of piperidine rings is 1. The number of nitrogens with two attached hydrogens (primary N) is 1. The lowest BCUT2D eigenvalue weighted by Gasteiger charge is -2.39. The van der Waals surface area contributed by atoms with Gasteiger partial charge in [0.25, 0.3) is 0 Å². The minimum Gasteiger partial charge on any atom is -0.343 e. The van der Waals surface area contributed by atoms with E-state index < -0.39 is 0 Å². The van der Waals surface area contributed by atoms with Gasteiger partial charge in [0.05, 0.1) is 0 Å². The summed E-state index contributed by atoms with van der Waals surface area (Å²) in [4.78, 5) is 14.2. The predicted octanol–water partition coefficient (Wildman–Crippen LogP) is 2.65. The van der Waals surface area contributed by atoms with Crippen LogP contribution >= 0.6 is 0 Å². The summed E-state index contributed by atoms with van der Waals surface area (Å²) < 4.78 is 0. The Morgan fingerprint density at radius 2 is 1.89 bits per heavy atom. The molecule has 0 saturated carbocycles. The third kappa shape index (κ3) is 4.27. The highest BCUT2D eigenvalue weighted by Crippen LogP contribution is 2.34. The molecule has 1 saturated heterocycles. The number of nitrogens with zero attached hydrogens (tertiary/aromatic N) is 1. The van der Waals surface area contributed by atoms with Crippen LogP contribution in [0.4, 0.5) is 0 Å². The van der Waals surface area contributed by atoms with Gasteiger partial charge in [-0.3, -0.25) is 4.79 Å². The van der Waals surface area contributed by atoms with E-state index in [0.717, 1.165) is 38.3 Å². The van der Waals surface area contributed by atoms with E-state index in [0.29, 0.717) is 30.2 Å². The van der Waals surface area contributed by atoms with Crippen LogP contribution in [0.15, 0.2) is 0 Å². The summed E-state index contributed by atoms with van der Waals surface area (Å²) in [6.45, 7) is 11.5. The number of amides is 1. The summed E-state index contributed by atoms with van der Waals surface area (Å²) in [6, 6.07) is 0. The molecule has 3 nitrogen and oxygen atoms in total. The van der Waals surface area contributed by atoms with Gasteiger partial charge in [-0.25, -0.2) is 0 Å². The van der Waals surface area contributed by atoms with Gasteiger partial charge in [0.15, 0.2) is 0 Å². The standard InChI is InChI=1S/C15H30N2O/c1-5-12(11-16)10-14(18)17-8-6-13(7-9-17)15(2,3)4/h12-13H,5-11,16H2,1-4H3. The number of likely N-dealkylation sites (tertiary alicyclic amines) is 1. The van der Waals surface area contributed by atoms with E-state index in [1.807, 2.05) is 4.90 Å². The quantitative estimate of drug-likeness (QED) is 0.838. The van der Waals surface area contributed by atoms with Crippen molar-refractivity contribution in [2.45, 2.75) is 53.4 Å². The van der Waals surface area contributed by atoms with Gasteiger partial charge in [0, 0.05) is 19.5 Å². The molecule has 1 atom stereocenters. The molecule has 3 heteroatoms. The Hall–Kier alpha value is -0.570. The van der Waals surface area contributed by atoms with Crippen molar-refractivity contribution in [3.05, 3.63) is 0 Å². The van der Waals surface area contributed by atoms with Crippen LogP contribution in [0.25, 0.3) is 0 Å². The summed E-state index contributed by atoms with van der Waals surface area (Å²) in [5, 5.41) is 0. The maximum atomic E-state index is 12.2. The molecule has 2 N–H and O–H groups in total. The van der Waals surface area contributed by atoms with Crippen molar-refractivity contribution in [3.8, 4) is 0 Å². The van der Waals surface area contributed by atoms with Gasteiger partial charge < -0.3 is 10.6 Å². The molecule has 0 spiro atoms. The molecule has 1 amide bonds.